The molecule has 0 atom stereocenters. The smallest absolute Gasteiger partial charge is 0.258 e. The second-order valence-corrected chi connectivity index (χ2v) is 7.98. The quantitative estimate of drug-likeness (QED) is 0.719. The zero-order valence-electron chi connectivity index (χ0n) is 13.6. The van der Waals surface area contributed by atoms with Crippen LogP contribution >= 0.6 is 23.2 Å². The van der Waals surface area contributed by atoms with E-state index >= 15 is 0 Å². The van der Waals surface area contributed by atoms with E-state index in [0.29, 0.717) is 21.4 Å². The zero-order valence-corrected chi connectivity index (χ0v) is 15.9. The zero-order chi connectivity index (χ0) is 19.3. The monoisotopic (exact) mass is 420 g/mol. The largest absolute Gasteiger partial charge is 0.484 e. The highest BCUT2D eigenvalue weighted by atomic mass is 35.5. The van der Waals surface area contributed by atoms with Crippen molar-refractivity contribution in [3.8, 4) is 5.75 Å². The van der Waals surface area contributed by atoms with E-state index < -0.39 is 21.7 Å². The standard InChI is InChI=1S/C16H15Cl2FN2O4S/c1-26(23,24)21-15-3-2-10(4-14(15)19)8-20-16(22)9-25-13-6-11(17)5-12(18)7-13/h2-7,21H,8-9H2,1H3,(H,20,22). The minimum Gasteiger partial charge on any atom is -0.484 e. The van der Waals surface area contributed by atoms with E-state index in [4.69, 9.17) is 27.9 Å². The summed E-state index contributed by atoms with van der Waals surface area (Å²) in [6.45, 7) is -0.221. The summed E-state index contributed by atoms with van der Waals surface area (Å²) in [5, 5.41) is 3.32. The highest BCUT2D eigenvalue weighted by Crippen LogP contribution is 2.24. The summed E-state index contributed by atoms with van der Waals surface area (Å²) in [5.74, 6) is -0.827. The van der Waals surface area contributed by atoms with Gasteiger partial charge in [-0.05, 0) is 35.9 Å². The highest BCUT2D eigenvalue weighted by Gasteiger charge is 2.09. The van der Waals surface area contributed by atoms with E-state index in [1.165, 1.54) is 30.3 Å². The van der Waals surface area contributed by atoms with E-state index in [2.05, 4.69) is 10.0 Å². The van der Waals surface area contributed by atoms with Gasteiger partial charge in [-0.25, -0.2) is 12.8 Å². The summed E-state index contributed by atoms with van der Waals surface area (Å²) in [5.41, 5.74) is 0.296. The van der Waals surface area contributed by atoms with Gasteiger partial charge in [0.1, 0.15) is 11.6 Å². The molecule has 0 unspecified atom stereocenters. The first-order chi connectivity index (χ1) is 12.1. The van der Waals surface area contributed by atoms with Gasteiger partial charge in [-0.2, -0.15) is 0 Å². The number of rotatable bonds is 7. The molecule has 0 aliphatic rings. The fourth-order valence-corrected chi connectivity index (χ4v) is 3.03. The number of benzene rings is 2. The third-order valence-corrected chi connectivity index (χ3v) is 4.05. The first-order valence-electron chi connectivity index (χ1n) is 7.24. The van der Waals surface area contributed by atoms with Crippen molar-refractivity contribution in [1.29, 1.82) is 0 Å². The Bertz CT molecular complexity index is 902. The summed E-state index contributed by atoms with van der Waals surface area (Å²) >= 11 is 11.7. The molecule has 0 radical (unpaired) electrons. The number of amides is 1. The molecule has 10 heteroatoms. The van der Waals surface area contributed by atoms with E-state index in [-0.39, 0.29) is 18.8 Å². The fraction of sp³-hybridized carbons (Fsp3) is 0.188. The molecule has 0 spiro atoms. The Kier molecular flexibility index (Phi) is 6.69. The third kappa shape index (κ3) is 6.70. The van der Waals surface area contributed by atoms with Crippen LogP contribution in [0.15, 0.2) is 36.4 Å². The predicted molar refractivity (Wildman–Crippen MR) is 98.7 cm³/mol. The molecule has 2 rings (SSSR count). The number of halogens is 3. The second kappa shape index (κ2) is 8.57. The van der Waals surface area contributed by atoms with Crippen molar-refractivity contribution in [2.75, 3.05) is 17.6 Å². The highest BCUT2D eigenvalue weighted by molar-refractivity contribution is 7.92. The number of hydrogen-bond donors (Lipinski definition) is 2. The van der Waals surface area contributed by atoms with Crippen LogP contribution in [0, 0.1) is 5.82 Å². The van der Waals surface area contributed by atoms with E-state index in [1.807, 2.05) is 0 Å². The van der Waals surface area contributed by atoms with Crippen molar-refractivity contribution in [3.63, 3.8) is 0 Å². The van der Waals surface area contributed by atoms with Crippen LogP contribution in [0.25, 0.3) is 0 Å². The Morgan fingerprint density at radius 1 is 1.15 bits per heavy atom. The number of carbonyl (C=O) groups excluding carboxylic acids is 1. The molecule has 26 heavy (non-hydrogen) atoms. The normalized spacial score (nSPS) is 11.1. The number of anilines is 1. The maximum atomic E-state index is 13.9. The van der Waals surface area contributed by atoms with Gasteiger partial charge in [0.05, 0.1) is 11.9 Å². The maximum absolute atomic E-state index is 13.9. The molecule has 2 N–H and O–H groups in total. The molecule has 0 bridgehead atoms. The maximum Gasteiger partial charge on any atom is 0.258 e. The van der Waals surface area contributed by atoms with Crippen LogP contribution in [0.4, 0.5) is 10.1 Å². The lowest BCUT2D eigenvalue weighted by Crippen LogP contribution is -2.28. The summed E-state index contributed by atoms with van der Waals surface area (Å²) in [4.78, 5) is 11.8. The number of hydrogen-bond acceptors (Lipinski definition) is 4. The molecular weight excluding hydrogens is 406 g/mol. The molecule has 0 aliphatic carbocycles. The van der Waals surface area contributed by atoms with Crippen molar-refractivity contribution < 1.29 is 22.3 Å². The molecule has 6 nitrogen and oxygen atoms in total. The fourth-order valence-electron chi connectivity index (χ4n) is 1.96. The van der Waals surface area contributed by atoms with Crippen LogP contribution in [-0.4, -0.2) is 27.2 Å². The van der Waals surface area contributed by atoms with Crippen molar-refractivity contribution in [2.45, 2.75) is 6.54 Å². The Morgan fingerprint density at radius 3 is 2.38 bits per heavy atom. The van der Waals surface area contributed by atoms with Crippen molar-refractivity contribution in [2.24, 2.45) is 0 Å². The van der Waals surface area contributed by atoms with Gasteiger partial charge in [0.15, 0.2) is 6.61 Å². The van der Waals surface area contributed by atoms with Crippen LogP contribution in [0.1, 0.15) is 5.56 Å². The first-order valence-corrected chi connectivity index (χ1v) is 9.89. The van der Waals surface area contributed by atoms with Crippen LogP contribution < -0.4 is 14.8 Å². The van der Waals surface area contributed by atoms with E-state index in [1.54, 1.807) is 0 Å². The molecule has 0 saturated carbocycles. The summed E-state index contributed by atoms with van der Waals surface area (Å²) in [6.07, 6.45) is 0.924. The van der Waals surface area contributed by atoms with Gasteiger partial charge in [0.25, 0.3) is 5.91 Å². The van der Waals surface area contributed by atoms with Crippen LogP contribution in [-0.2, 0) is 21.4 Å². The summed E-state index contributed by atoms with van der Waals surface area (Å²) in [7, 11) is -3.57. The lowest BCUT2D eigenvalue weighted by Gasteiger charge is -2.10. The Balaban J connectivity index is 1.88. The Morgan fingerprint density at radius 2 is 1.81 bits per heavy atom. The second-order valence-electron chi connectivity index (χ2n) is 5.36. The predicted octanol–water partition coefficient (Wildman–Crippen LogP) is 3.20. The number of carbonyl (C=O) groups is 1. The molecule has 0 saturated heterocycles. The molecule has 0 fully saturated rings. The van der Waals surface area contributed by atoms with Gasteiger partial charge in [-0.15, -0.1) is 0 Å². The number of nitrogens with one attached hydrogen (secondary N) is 2. The molecule has 2 aromatic carbocycles. The van der Waals surface area contributed by atoms with Crippen LogP contribution in [0.2, 0.25) is 10.0 Å². The SMILES string of the molecule is CS(=O)(=O)Nc1ccc(CNC(=O)COc2cc(Cl)cc(Cl)c2)cc1F. The summed E-state index contributed by atoms with van der Waals surface area (Å²) in [6, 6.07) is 8.47. The van der Waals surface area contributed by atoms with E-state index in [0.717, 1.165) is 12.3 Å². The topological polar surface area (TPSA) is 84.5 Å². The lowest BCUT2D eigenvalue weighted by molar-refractivity contribution is -0.123. The van der Waals surface area contributed by atoms with E-state index in [9.17, 15) is 17.6 Å². The number of sulfonamides is 1. The molecule has 1 amide bonds. The average Bonchev–Trinajstić information content (AvgIpc) is 2.51. The average molecular weight is 421 g/mol. The Labute approximate surface area is 160 Å². The molecule has 140 valence electrons. The van der Waals surface area contributed by atoms with Crippen LogP contribution in [0.3, 0.4) is 0 Å². The van der Waals surface area contributed by atoms with Gasteiger partial charge >= 0.3 is 0 Å². The van der Waals surface area contributed by atoms with Crippen molar-refractivity contribution >= 4 is 44.8 Å². The van der Waals surface area contributed by atoms with Gasteiger partial charge in [-0.1, -0.05) is 29.3 Å². The minimum atomic E-state index is -3.57. The third-order valence-electron chi connectivity index (χ3n) is 3.02. The minimum absolute atomic E-state index is 0.0502. The van der Waals surface area contributed by atoms with Gasteiger partial charge < -0.3 is 10.1 Å². The number of ether oxygens (including phenoxy) is 1. The first kappa shape index (κ1) is 20.3. The molecule has 0 heterocycles. The van der Waals surface area contributed by atoms with Gasteiger partial charge in [0, 0.05) is 16.6 Å². The van der Waals surface area contributed by atoms with Crippen molar-refractivity contribution in [1.82, 2.24) is 5.32 Å². The molecule has 2 aromatic rings. The molecular formula is C16H15Cl2FN2O4S. The van der Waals surface area contributed by atoms with Crippen molar-refractivity contribution in [3.05, 3.63) is 57.8 Å². The van der Waals surface area contributed by atoms with Crippen LogP contribution in [0.5, 0.6) is 5.75 Å². The van der Waals surface area contributed by atoms with Gasteiger partial charge in [-0.3, -0.25) is 9.52 Å². The molecule has 0 aromatic heterocycles. The van der Waals surface area contributed by atoms with Gasteiger partial charge in [0.2, 0.25) is 10.0 Å². The Hall–Kier alpha value is -2.03. The summed E-state index contributed by atoms with van der Waals surface area (Å²) < 4.78 is 43.4. The molecule has 0 aliphatic heterocycles. The lowest BCUT2D eigenvalue weighted by atomic mass is 10.2.